The first-order chi connectivity index (χ1) is 16.7. The minimum atomic E-state index is -0.817. The predicted molar refractivity (Wildman–Crippen MR) is 132 cm³/mol. The Hall–Kier alpha value is -3.52. The van der Waals surface area contributed by atoms with Gasteiger partial charge in [-0.1, -0.05) is 19.9 Å². The predicted octanol–water partition coefficient (Wildman–Crippen LogP) is 4.12. The number of ketones is 1. The number of likely N-dealkylation sites (tertiary alicyclic amines) is 1. The highest BCUT2D eigenvalue weighted by molar-refractivity contribution is 6.46. The van der Waals surface area contributed by atoms with Gasteiger partial charge in [0.2, 0.25) is 0 Å². The molecular weight excluding hydrogens is 450 g/mol. The van der Waals surface area contributed by atoms with Gasteiger partial charge in [-0.25, -0.2) is 0 Å². The summed E-state index contributed by atoms with van der Waals surface area (Å²) in [5.41, 5.74) is 1.85. The second-order valence-corrected chi connectivity index (χ2v) is 8.78. The number of aliphatic hydroxyl groups is 1. The van der Waals surface area contributed by atoms with E-state index in [2.05, 4.69) is 13.8 Å². The van der Waals surface area contributed by atoms with Crippen LogP contribution in [0.5, 0.6) is 17.2 Å². The topological polar surface area (TPSA) is 94.5 Å². The number of methoxy groups -OCH3 is 3. The van der Waals surface area contributed by atoms with Crippen LogP contribution in [0.15, 0.2) is 42.0 Å². The summed E-state index contributed by atoms with van der Waals surface area (Å²) >= 11 is 0. The van der Waals surface area contributed by atoms with Gasteiger partial charge in [0.25, 0.3) is 11.7 Å². The molecule has 1 saturated heterocycles. The van der Waals surface area contributed by atoms with Crippen LogP contribution in [0.3, 0.4) is 0 Å². The number of ether oxygens (including phenoxy) is 4. The Labute approximate surface area is 206 Å². The van der Waals surface area contributed by atoms with Gasteiger partial charge in [0.15, 0.2) is 11.5 Å². The molecule has 0 aliphatic carbocycles. The van der Waals surface area contributed by atoms with E-state index in [9.17, 15) is 14.7 Å². The van der Waals surface area contributed by atoms with Crippen LogP contribution in [0.2, 0.25) is 0 Å². The monoisotopic (exact) mass is 483 g/mol. The highest BCUT2D eigenvalue weighted by atomic mass is 16.5. The summed E-state index contributed by atoms with van der Waals surface area (Å²) in [7, 11) is 4.56. The van der Waals surface area contributed by atoms with Gasteiger partial charge in [0.1, 0.15) is 11.5 Å². The Morgan fingerprint density at radius 1 is 1.00 bits per heavy atom. The summed E-state index contributed by atoms with van der Waals surface area (Å²) < 4.78 is 21.7. The second kappa shape index (κ2) is 11.3. The molecule has 2 aromatic carbocycles. The summed E-state index contributed by atoms with van der Waals surface area (Å²) in [4.78, 5) is 27.6. The number of aliphatic hydroxyl groups excluding tert-OH is 1. The summed E-state index contributed by atoms with van der Waals surface area (Å²) in [5.74, 6) is 0.330. The van der Waals surface area contributed by atoms with Crippen molar-refractivity contribution in [1.29, 1.82) is 0 Å². The van der Waals surface area contributed by atoms with E-state index in [1.165, 1.54) is 26.2 Å². The Morgan fingerprint density at radius 2 is 1.69 bits per heavy atom. The number of hydrogen-bond donors (Lipinski definition) is 1. The van der Waals surface area contributed by atoms with Gasteiger partial charge in [-0.05, 0) is 54.3 Å². The van der Waals surface area contributed by atoms with Crippen LogP contribution in [-0.4, -0.2) is 62.8 Å². The molecule has 1 atom stereocenters. The third kappa shape index (κ3) is 5.43. The van der Waals surface area contributed by atoms with Gasteiger partial charge >= 0.3 is 0 Å². The molecule has 0 spiro atoms. The van der Waals surface area contributed by atoms with Crippen LogP contribution in [0.4, 0.5) is 0 Å². The van der Waals surface area contributed by atoms with Crippen molar-refractivity contribution < 1.29 is 33.6 Å². The van der Waals surface area contributed by atoms with Crippen molar-refractivity contribution in [3.63, 3.8) is 0 Å². The summed E-state index contributed by atoms with van der Waals surface area (Å²) in [6.07, 6.45) is 0. The van der Waals surface area contributed by atoms with Crippen molar-refractivity contribution in [1.82, 2.24) is 4.90 Å². The molecule has 35 heavy (non-hydrogen) atoms. The zero-order valence-corrected chi connectivity index (χ0v) is 21.1. The van der Waals surface area contributed by atoms with Crippen LogP contribution in [-0.2, 0) is 14.3 Å². The zero-order valence-electron chi connectivity index (χ0n) is 21.1. The highest BCUT2D eigenvalue weighted by Crippen LogP contribution is 2.42. The molecule has 0 radical (unpaired) electrons. The van der Waals surface area contributed by atoms with E-state index in [1.54, 1.807) is 36.4 Å². The molecule has 8 nitrogen and oxygen atoms in total. The van der Waals surface area contributed by atoms with E-state index in [1.807, 2.05) is 6.92 Å². The molecule has 2 aromatic rings. The molecule has 1 aliphatic rings. The van der Waals surface area contributed by atoms with Crippen LogP contribution in [0.25, 0.3) is 5.76 Å². The largest absolute Gasteiger partial charge is 0.507 e. The average Bonchev–Trinajstić information content (AvgIpc) is 3.10. The third-order valence-electron chi connectivity index (χ3n) is 5.82. The highest BCUT2D eigenvalue weighted by Gasteiger charge is 2.46. The number of nitrogens with zero attached hydrogens (tertiary/aromatic N) is 1. The number of hydrogen-bond acceptors (Lipinski definition) is 7. The Morgan fingerprint density at radius 3 is 2.29 bits per heavy atom. The fourth-order valence-corrected chi connectivity index (χ4v) is 4.04. The number of carbonyl (C=O) groups is 2. The van der Waals surface area contributed by atoms with Crippen LogP contribution in [0.1, 0.15) is 36.6 Å². The second-order valence-electron chi connectivity index (χ2n) is 8.78. The Kier molecular flexibility index (Phi) is 8.40. The van der Waals surface area contributed by atoms with E-state index >= 15 is 0 Å². The lowest BCUT2D eigenvalue weighted by molar-refractivity contribution is -0.140. The first-order valence-electron chi connectivity index (χ1n) is 11.5. The Balaban J connectivity index is 2.12. The quantitative estimate of drug-likeness (QED) is 0.309. The van der Waals surface area contributed by atoms with E-state index in [0.29, 0.717) is 40.9 Å². The molecule has 3 rings (SSSR count). The van der Waals surface area contributed by atoms with Gasteiger partial charge in [0.05, 0.1) is 39.0 Å². The maximum atomic E-state index is 13.2. The van der Waals surface area contributed by atoms with Gasteiger partial charge < -0.3 is 29.0 Å². The van der Waals surface area contributed by atoms with Gasteiger partial charge in [-0.15, -0.1) is 0 Å². The molecule has 188 valence electrons. The number of benzene rings is 2. The molecule has 0 aromatic heterocycles. The number of aryl methyl sites for hydroxylation is 1. The SMILES string of the molecule is COCCN1C(=O)C(=O)/C(=C(/O)c2ccc(OCC(C)C)c(C)c2)[C@H]1c1ccc(OC)c(OC)c1. The maximum absolute atomic E-state index is 13.2. The number of rotatable bonds is 10. The first kappa shape index (κ1) is 26.1. The lowest BCUT2D eigenvalue weighted by atomic mass is 9.94. The molecule has 0 unspecified atom stereocenters. The van der Waals surface area contributed by atoms with Gasteiger partial charge in [-0.2, -0.15) is 0 Å². The number of carbonyl (C=O) groups excluding carboxylic acids is 2. The lowest BCUT2D eigenvalue weighted by Crippen LogP contribution is -2.32. The third-order valence-corrected chi connectivity index (χ3v) is 5.82. The number of Topliss-reactive ketones (excluding diaryl/α,β-unsaturated/α-hetero) is 1. The van der Waals surface area contributed by atoms with Crippen molar-refractivity contribution >= 4 is 17.4 Å². The van der Waals surface area contributed by atoms with Crippen molar-refractivity contribution in [3.05, 3.63) is 58.7 Å². The molecular formula is C27H33NO7. The summed E-state index contributed by atoms with van der Waals surface area (Å²) in [6, 6.07) is 9.54. The zero-order chi connectivity index (χ0) is 25.7. The summed E-state index contributed by atoms with van der Waals surface area (Å²) in [5, 5.41) is 11.3. The normalized spacial score (nSPS) is 17.2. The van der Waals surface area contributed by atoms with Crippen LogP contribution < -0.4 is 14.2 Å². The van der Waals surface area contributed by atoms with Gasteiger partial charge in [-0.3, -0.25) is 9.59 Å². The Bertz CT molecular complexity index is 1120. The van der Waals surface area contributed by atoms with Crippen LogP contribution in [0, 0.1) is 12.8 Å². The first-order valence-corrected chi connectivity index (χ1v) is 11.5. The van der Waals surface area contributed by atoms with E-state index in [4.69, 9.17) is 18.9 Å². The molecule has 1 fully saturated rings. The van der Waals surface area contributed by atoms with Crippen molar-refractivity contribution in [3.8, 4) is 17.2 Å². The molecule has 1 aliphatic heterocycles. The lowest BCUT2D eigenvalue weighted by Gasteiger charge is -2.25. The minimum Gasteiger partial charge on any atom is -0.507 e. The van der Waals surface area contributed by atoms with Crippen LogP contribution >= 0.6 is 0 Å². The van der Waals surface area contributed by atoms with Crippen molar-refractivity contribution in [2.24, 2.45) is 5.92 Å². The maximum Gasteiger partial charge on any atom is 0.295 e. The molecule has 1 N–H and O–H groups in total. The smallest absolute Gasteiger partial charge is 0.295 e. The number of amides is 1. The fraction of sp³-hybridized carbons (Fsp3) is 0.407. The van der Waals surface area contributed by atoms with E-state index in [-0.39, 0.29) is 24.5 Å². The minimum absolute atomic E-state index is 0.00794. The molecule has 0 saturated carbocycles. The van der Waals surface area contributed by atoms with E-state index in [0.717, 1.165) is 5.56 Å². The van der Waals surface area contributed by atoms with E-state index < -0.39 is 17.7 Å². The summed E-state index contributed by atoms with van der Waals surface area (Å²) in [6.45, 7) is 6.97. The molecule has 1 amide bonds. The molecule has 8 heteroatoms. The fourth-order valence-electron chi connectivity index (χ4n) is 4.04. The standard InChI is InChI=1S/C27H33NO7/c1-16(2)15-35-20-9-8-19(13-17(20)3)25(29)23-24(28(11-12-32-4)27(31)26(23)30)18-7-10-21(33-5)22(14-18)34-6/h7-10,13-14,16,24,29H,11-12,15H2,1-6H3/b25-23+/t24-/m1/s1. The molecule has 0 bridgehead atoms. The van der Waals surface area contributed by atoms with Crippen molar-refractivity contribution in [2.75, 3.05) is 41.1 Å². The van der Waals surface area contributed by atoms with Crippen molar-refractivity contribution in [2.45, 2.75) is 26.8 Å². The average molecular weight is 484 g/mol. The van der Waals surface area contributed by atoms with Gasteiger partial charge in [0, 0.05) is 19.2 Å². The molecule has 1 heterocycles.